The van der Waals surface area contributed by atoms with Crippen LogP contribution in [0.2, 0.25) is 0 Å². The number of aromatic nitrogens is 4. The molecule has 0 spiro atoms. The minimum Gasteiger partial charge on any atom is -0.468 e. The smallest absolute Gasteiger partial charge is 0.316 e. The predicted octanol–water partition coefficient (Wildman–Crippen LogP) is 3.04. The number of nitrogen functional groups attached to an aromatic ring is 1. The topological polar surface area (TPSA) is 109 Å². The van der Waals surface area contributed by atoms with Crippen molar-refractivity contribution < 1.29 is 13.9 Å². The van der Waals surface area contributed by atoms with Crippen LogP contribution >= 0.6 is 23.1 Å². The van der Waals surface area contributed by atoms with Gasteiger partial charge < -0.3 is 14.9 Å². The molecule has 0 atom stereocenters. The van der Waals surface area contributed by atoms with Crippen molar-refractivity contribution in [2.24, 2.45) is 0 Å². The summed E-state index contributed by atoms with van der Waals surface area (Å²) >= 11 is 2.71. The number of furan rings is 1. The number of methoxy groups -OCH3 is 1. The molecule has 0 saturated heterocycles. The second-order valence-electron chi connectivity index (χ2n) is 5.54. The monoisotopic (exact) mass is 401 g/mol. The van der Waals surface area contributed by atoms with Gasteiger partial charge in [0.1, 0.15) is 10.6 Å². The lowest BCUT2D eigenvalue weighted by Gasteiger charge is -2.08. The van der Waals surface area contributed by atoms with Gasteiger partial charge in [-0.05, 0) is 24.3 Å². The number of carbonyl (C=O) groups is 1. The van der Waals surface area contributed by atoms with Crippen molar-refractivity contribution in [2.75, 3.05) is 18.6 Å². The molecule has 4 heterocycles. The van der Waals surface area contributed by atoms with Gasteiger partial charge in [0, 0.05) is 11.6 Å². The molecule has 10 heteroatoms. The number of carbonyl (C=O) groups excluding carboxylic acids is 1. The molecule has 0 amide bonds. The number of esters is 1. The Labute approximate surface area is 162 Å². The van der Waals surface area contributed by atoms with Crippen LogP contribution in [0.3, 0.4) is 0 Å². The molecule has 27 heavy (non-hydrogen) atoms. The van der Waals surface area contributed by atoms with Gasteiger partial charge in [0.15, 0.2) is 11.0 Å². The highest BCUT2D eigenvalue weighted by atomic mass is 32.2. The summed E-state index contributed by atoms with van der Waals surface area (Å²) in [6, 6.07) is 7.46. The Morgan fingerprint density at radius 1 is 1.37 bits per heavy atom. The fourth-order valence-electron chi connectivity index (χ4n) is 2.56. The minimum atomic E-state index is -0.334. The molecule has 0 aromatic carbocycles. The first kappa shape index (κ1) is 17.6. The number of pyridine rings is 1. The van der Waals surface area contributed by atoms with E-state index in [0.29, 0.717) is 23.2 Å². The Balaban J connectivity index is 1.78. The Morgan fingerprint density at radius 3 is 3.00 bits per heavy atom. The maximum absolute atomic E-state index is 11.5. The maximum Gasteiger partial charge on any atom is 0.316 e. The van der Waals surface area contributed by atoms with Crippen LogP contribution < -0.4 is 5.73 Å². The zero-order chi connectivity index (χ0) is 18.8. The molecule has 4 rings (SSSR count). The summed E-state index contributed by atoms with van der Waals surface area (Å²) in [6.07, 6.45) is 3.34. The molecule has 0 aliphatic carbocycles. The van der Waals surface area contributed by atoms with Crippen LogP contribution in [-0.4, -0.2) is 38.6 Å². The predicted molar refractivity (Wildman–Crippen MR) is 104 cm³/mol. The van der Waals surface area contributed by atoms with Crippen molar-refractivity contribution in [3.05, 3.63) is 42.5 Å². The molecule has 8 nitrogen and oxygen atoms in total. The lowest BCUT2D eigenvalue weighted by Crippen LogP contribution is -2.07. The van der Waals surface area contributed by atoms with Gasteiger partial charge in [0.2, 0.25) is 0 Å². The molecule has 0 fully saturated rings. The van der Waals surface area contributed by atoms with Gasteiger partial charge in [-0.25, -0.2) is 4.98 Å². The number of nitrogens with two attached hydrogens (primary N) is 1. The lowest BCUT2D eigenvalue weighted by atomic mass is 10.2. The number of rotatable bonds is 6. The van der Waals surface area contributed by atoms with Crippen LogP contribution in [-0.2, 0) is 16.1 Å². The Hall–Kier alpha value is -2.85. The number of fused-ring (bicyclic) bond motifs is 1. The van der Waals surface area contributed by atoms with E-state index in [2.05, 4.69) is 15.2 Å². The molecular formula is C17H15N5O3S2. The molecule has 0 aliphatic heterocycles. The van der Waals surface area contributed by atoms with Crippen molar-refractivity contribution >= 4 is 45.0 Å². The van der Waals surface area contributed by atoms with E-state index in [1.54, 1.807) is 12.5 Å². The van der Waals surface area contributed by atoms with Gasteiger partial charge in [-0.3, -0.25) is 9.36 Å². The number of thiophene rings is 1. The molecule has 4 aromatic rings. The van der Waals surface area contributed by atoms with Gasteiger partial charge >= 0.3 is 5.97 Å². The van der Waals surface area contributed by atoms with E-state index in [4.69, 9.17) is 14.9 Å². The Bertz CT molecular complexity index is 1090. The van der Waals surface area contributed by atoms with E-state index in [1.165, 1.54) is 30.2 Å². The fourth-order valence-corrected chi connectivity index (χ4v) is 4.39. The van der Waals surface area contributed by atoms with Gasteiger partial charge in [0.25, 0.3) is 0 Å². The highest BCUT2D eigenvalue weighted by molar-refractivity contribution is 7.99. The van der Waals surface area contributed by atoms with E-state index in [9.17, 15) is 4.79 Å². The van der Waals surface area contributed by atoms with Crippen molar-refractivity contribution in [1.82, 2.24) is 19.7 Å². The van der Waals surface area contributed by atoms with Gasteiger partial charge in [-0.15, -0.1) is 21.5 Å². The first-order valence-corrected chi connectivity index (χ1v) is 9.76. The molecular weight excluding hydrogens is 386 g/mol. The second-order valence-corrected chi connectivity index (χ2v) is 7.48. The third-order valence-corrected chi connectivity index (χ3v) is 5.93. The number of ether oxygens (including phenoxy) is 1. The molecule has 4 aromatic heterocycles. The van der Waals surface area contributed by atoms with E-state index in [-0.39, 0.29) is 11.7 Å². The molecule has 0 aliphatic rings. The van der Waals surface area contributed by atoms with Crippen LogP contribution in [0.5, 0.6) is 0 Å². The van der Waals surface area contributed by atoms with Gasteiger partial charge in [-0.1, -0.05) is 11.8 Å². The molecule has 0 bridgehead atoms. The fraction of sp³-hybridized carbons (Fsp3) is 0.176. The van der Waals surface area contributed by atoms with Crippen molar-refractivity contribution in [1.29, 1.82) is 0 Å². The van der Waals surface area contributed by atoms with Crippen LogP contribution in [0, 0.1) is 0 Å². The van der Waals surface area contributed by atoms with Crippen LogP contribution in [0.4, 0.5) is 5.69 Å². The quantitative estimate of drug-likeness (QED) is 0.388. The summed E-state index contributed by atoms with van der Waals surface area (Å²) in [7, 11) is 1.35. The number of anilines is 1. The molecule has 2 N–H and O–H groups in total. The first-order valence-electron chi connectivity index (χ1n) is 7.96. The number of nitrogens with zero attached hydrogens (tertiary/aromatic N) is 4. The van der Waals surface area contributed by atoms with Crippen molar-refractivity contribution in [2.45, 2.75) is 11.7 Å². The van der Waals surface area contributed by atoms with Crippen LogP contribution in [0.1, 0.15) is 5.76 Å². The van der Waals surface area contributed by atoms with E-state index in [0.717, 1.165) is 20.9 Å². The average Bonchev–Trinajstić information content (AvgIpc) is 3.41. The number of hydrogen-bond donors (Lipinski definition) is 1. The summed E-state index contributed by atoms with van der Waals surface area (Å²) in [5.41, 5.74) is 6.96. The normalized spacial score (nSPS) is 11.1. The van der Waals surface area contributed by atoms with Crippen LogP contribution in [0.15, 0.2) is 46.3 Å². The van der Waals surface area contributed by atoms with E-state index in [1.807, 2.05) is 28.8 Å². The summed E-state index contributed by atoms with van der Waals surface area (Å²) in [4.78, 5) is 17.5. The third kappa shape index (κ3) is 3.40. The Kier molecular flexibility index (Phi) is 4.82. The average molecular weight is 401 g/mol. The van der Waals surface area contributed by atoms with Crippen molar-refractivity contribution in [3.8, 4) is 10.7 Å². The number of hydrogen-bond acceptors (Lipinski definition) is 9. The van der Waals surface area contributed by atoms with Gasteiger partial charge in [0.05, 0.1) is 36.2 Å². The zero-order valence-electron chi connectivity index (χ0n) is 14.3. The number of thioether (sulfide) groups is 1. The summed E-state index contributed by atoms with van der Waals surface area (Å²) in [5, 5.41) is 10.0. The largest absolute Gasteiger partial charge is 0.468 e. The third-order valence-electron chi connectivity index (χ3n) is 3.87. The van der Waals surface area contributed by atoms with Crippen LogP contribution in [0.25, 0.3) is 20.9 Å². The van der Waals surface area contributed by atoms with Crippen molar-refractivity contribution in [3.63, 3.8) is 0 Å². The molecule has 0 unspecified atom stereocenters. The standard InChI is InChI=1S/C17H15N5O3S2/c1-24-12(23)9-26-17-21-20-15(22(17)8-10-4-3-7-25-10)14-13(18)11-5-2-6-19-16(11)27-14/h2-7H,8-9,18H2,1H3. The second kappa shape index (κ2) is 7.41. The Morgan fingerprint density at radius 2 is 2.26 bits per heavy atom. The highest BCUT2D eigenvalue weighted by Gasteiger charge is 2.21. The lowest BCUT2D eigenvalue weighted by molar-refractivity contribution is -0.137. The summed E-state index contributed by atoms with van der Waals surface area (Å²) in [5.74, 6) is 1.16. The molecule has 138 valence electrons. The van der Waals surface area contributed by atoms with E-state index >= 15 is 0 Å². The minimum absolute atomic E-state index is 0.135. The van der Waals surface area contributed by atoms with Gasteiger partial charge in [-0.2, -0.15) is 0 Å². The first-order chi connectivity index (χ1) is 13.2. The van der Waals surface area contributed by atoms with E-state index < -0.39 is 0 Å². The molecule has 0 radical (unpaired) electrons. The molecule has 0 saturated carbocycles. The summed E-state index contributed by atoms with van der Waals surface area (Å²) < 4.78 is 12.1. The zero-order valence-corrected chi connectivity index (χ0v) is 15.9. The summed E-state index contributed by atoms with van der Waals surface area (Å²) in [6.45, 7) is 0.417. The highest BCUT2D eigenvalue weighted by Crippen LogP contribution is 2.40. The SMILES string of the molecule is COC(=O)CSc1nnc(-c2sc3ncccc3c2N)n1Cc1ccco1. The maximum atomic E-state index is 11.5.